The van der Waals surface area contributed by atoms with Gasteiger partial charge in [-0.05, 0) is 36.2 Å². The summed E-state index contributed by atoms with van der Waals surface area (Å²) in [5.74, 6) is -0.959. The van der Waals surface area contributed by atoms with E-state index in [4.69, 9.17) is 10.5 Å². The normalized spacial score (nSPS) is 10.4. The highest BCUT2D eigenvalue weighted by atomic mass is 19.1. The fourth-order valence-corrected chi connectivity index (χ4v) is 1.90. The van der Waals surface area contributed by atoms with E-state index in [2.05, 4.69) is 4.98 Å². The van der Waals surface area contributed by atoms with Crippen molar-refractivity contribution in [2.75, 3.05) is 12.3 Å². The lowest BCUT2D eigenvalue weighted by Crippen LogP contribution is -2.08. The lowest BCUT2D eigenvalue weighted by atomic mass is 10.0. The van der Waals surface area contributed by atoms with Crippen LogP contribution in [0.15, 0.2) is 36.5 Å². The molecule has 4 nitrogen and oxygen atoms in total. The van der Waals surface area contributed by atoms with Gasteiger partial charge in [-0.1, -0.05) is 19.4 Å². The SMILES string of the molecule is CCCCOC(=O)c1ccc(-c2cccnc2N)cc1F. The zero-order chi connectivity index (χ0) is 15.2. The van der Waals surface area contributed by atoms with Crippen molar-refractivity contribution in [1.82, 2.24) is 4.98 Å². The number of nitrogens with two attached hydrogens (primary N) is 1. The van der Waals surface area contributed by atoms with Crippen LogP contribution < -0.4 is 5.73 Å². The molecule has 110 valence electrons. The Bertz CT molecular complexity index is 644. The molecule has 0 amide bonds. The number of pyridine rings is 1. The topological polar surface area (TPSA) is 65.2 Å². The number of hydrogen-bond donors (Lipinski definition) is 1. The minimum Gasteiger partial charge on any atom is -0.462 e. The molecule has 1 aromatic carbocycles. The van der Waals surface area contributed by atoms with E-state index < -0.39 is 11.8 Å². The highest BCUT2D eigenvalue weighted by Crippen LogP contribution is 2.25. The van der Waals surface area contributed by atoms with Gasteiger partial charge in [-0.2, -0.15) is 0 Å². The Labute approximate surface area is 122 Å². The minimum atomic E-state index is -0.647. The zero-order valence-electron chi connectivity index (χ0n) is 11.8. The largest absolute Gasteiger partial charge is 0.462 e. The molecule has 0 unspecified atom stereocenters. The van der Waals surface area contributed by atoms with Crippen LogP contribution in [-0.4, -0.2) is 17.6 Å². The average molecular weight is 288 g/mol. The van der Waals surface area contributed by atoms with Crippen molar-refractivity contribution in [2.45, 2.75) is 19.8 Å². The van der Waals surface area contributed by atoms with E-state index in [1.165, 1.54) is 12.1 Å². The number of nitrogens with zero attached hydrogens (tertiary/aromatic N) is 1. The molecule has 5 heteroatoms. The number of carbonyl (C=O) groups is 1. The zero-order valence-corrected chi connectivity index (χ0v) is 11.8. The fourth-order valence-electron chi connectivity index (χ4n) is 1.90. The molecule has 0 atom stereocenters. The molecule has 0 saturated carbocycles. The molecule has 0 aliphatic heterocycles. The number of hydrogen-bond acceptors (Lipinski definition) is 4. The van der Waals surface area contributed by atoms with Crippen LogP contribution in [0.25, 0.3) is 11.1 Å². The third kappa shape index (κ3) is 3.56. The molecule has 0 bridgehead atoms. The molecular weight excluding hydrogens is 271 g/mol. The summed E-state index contributed by atoms with van der Waals surface area (Å²) in [7, 11) is 0. The standard InChI is InChI=1S/C16H17FN2O2/c1-2-3-9-21-16(20)13-7-6-11(10-14(13)17)12-5-4-8-19-15(12)18/h4-8,10H,2-3,9H2,1H3,(H2,18,19). The predicted molar refractivity (Wildman–Crippen MR) is 79.2 cm³/mol. The lowest BCUT2D eigenvalue weighted by molar-refractivity contribution is 0.0494. The number of unbranched alkanes of at least 4 members (excludes halogenated alkanes) is 1. The summed E-state index contributed by atoms with van der Waals surface area (Å²) in [6.45, 7) is 2.29. The van der Waals surface area contributed by atoms with Crippen molar-refractivity contribution in [3.63, 3.8) is 0 Å². The van der Waals surface area contributed by atoms with Crippen LogP contribution in [0, 0.1) is 5.82 Å². The summed E-state index contributed by atoms with van der Waals surface area (Å²) in [5, 5.41) is 0. The average Bonchev–Trinajstić information content (AvgIpc) is 2.47. The van der Waals surface area contributed by atoms with E-state index in [-0.39, 0.29) is 5.56 Å². The van der Waals surface area contributed by atoms with Gasteiger partial charge in [-0.25, -0.2) is 14.2 Å². The molecule has 0 radical (unpaired) electrons. The third-order valence-electron chi connectivity index (χ3n) is 3.07. The first-order valence-corrected chi connectivity index (χ1v) is 6.81. The molecule has 2 aromatic rings. The number of rotatable bonds is 5. The van der Waals surface area contributed by atoms with E-state index in [0.29, 0.717) is 23.6 Å². The Balaban J connectivity index is 2.22. The Hall–Kier alpha value is -2.43. The number of carbonyl (C=O) groups excluding carboxylic acids is 1. The number of anilines is 1. The Kier molecular flexibility index (Phi) is 4.87. The maximum atomic E-state index is 14.1. The quantitative estimate of drug-likeness (QED) is 0.676. The Morgan fingerprint density at radius 2 is 2.19 bits per heavy atom. The van der Waals surface area contributed by atoms with Crippen LogP contribution >= 0.6 is 0 Å². The molecule has 2 rings (SSSR count). The van der Waals surface area contributed by atoms with Crippen LogP contribution in [0.1, 0.15) is 30.1 Å². The molecule has 1 aromatic heterocycles. The van der Waals surface area contributed by atoms with Gasteiger partial charge in [0.15, 0.2) is 0 Å². The van der Waals surface area contributed by atoms with Gasteiger partial charge in [-0.3, -0.25) is 0 Å². The van der Waals surface area contributed by atoms with Crippen molar-refractivity contribution < 1.29 is 13.9 Å². The summed E-state index contributed by atoms with van der Waals surface area (Å²) in [4.78, 5) is 15.7. The first-order valence-electron chi connectivity index (χ1n) is 6.81. The first-order chi connectivity index (χ1) is 10.1. The Morgan fingerprint density at radius 3 is 2.86 bits per heavy atom. The maximum absolute atomic E-state index is 14.1. The van der Waals surface area contributed by atoms with Gasteiger partial charge in [0.25, 0.3) is 0 Å². The van der Waals surface area contributed by atoms with Crippen molar-refractivity contribution in [2.24, 2.45) is 0 Å². The Morgan fingerprint density at radius 1 is 1.38 bits per heavy atom. The van der Waals surface area contributed by atoms with Gasteiger partial charge in [0.05, 0.1) is 12.2 Å². The molecule has 0 fully saturated rings. The second kappa shape index (κ2) is 6.83. The van der Waals surface area contributed by atoms with E-state index in [1.54, 1.807) is 24.4 Å². The lowest BCUT2D eigenvalue weighted by Gasteiger charge is -2.08. The van der Waals surface area contributed by atoms with Crippen LogP contribution in [0.5, 0.6) is 0 Å². The van der Waals surface area contributed by atoms with Crippen molar-refractivity contribution in [3.8, 4) is 11.1 Å². The van der Waals surface area contributed by atoms with Crippen LogP contribution in [0.4, 0.5) is 10.2 Å². The summed E-state index contributed by atoms with van der Waals surface area (Å²) in [6, 6.07) is 7.77. The van der Waals surface area contributed by atoms with Gasteiger partial charge in [-0.15, -0.1) is 0 Å². The number of halogens is 1. The molecule has 2 N–H and O–H groups in total. The molecule has 0 spiro atoms. The van der Waals surface area contributed by atoms with Gasteiger partial charge >= 0.3 is 5.97 Å². The van der Waals surface area contributed by atoms with E-state index in [0.717, 1.165) is 12.8 Å². The molecule has 1 heterocycles. The molecular formula is C16H17FN2O2. The monoisotopic (exact) mass is 288 g/mol. The molecule has 0 saturated heterocycles. The van der Waals surface area contributed by atoms with E-state index >= 15 is 0 Å². The summed E-state index contributed by atoms with van der Waals surface area (Å²) in [6.07, 6.45) is 3.24. The van der Waals surface area contributed by atoms with Crippen LogP contribution in [0.3, 0.4) is 0 Å². The number of esters is 1. The van der Waals surface area contributed by atoms with Gasteiger partial charge in [0, 0.05) is 11.8 Å². The van der Waals surface area contributed by atoms with Crippen molar-refractivity contribution in [3.05, 3.63) is 47.9 Å². The third-order valence-corrected chi connectivity index (χ3v) is 3.07. The van der Waals surface area contributed by atoms with Crippen LogP contribution in [0.2, 0.25) is 0 Å². The van der Waals surface area contributed by atoms with E-state index in [1.807, 2.05) is 6.92 Å². The second-order valence-corrected chi connectivity index (χ2v) is 4.62. The maximum Gasteiger partial charge on any atom is 0.341 e. The van der Waals surface area contributed by atoms with Gasteiger partial charge in [0.2, 0.25) is 0 Å². The first kappa shape index (κ1) is 15.0. The van der Waals surface area contributed by atoms with Gasteiger partial charge < -0.3 is 10.5 Å². The highest BCUT2D eigenvalue weighted by molar-refractivity contribution is 5.90. The number of benzene rings is 1. The molecule has 0 aliphatic rings. The van der Waals surface area contributed by atoms with E-state index in [9.17, 15) is 9.18 Å². The minimum absolute atomic E-state index is 0.0719. The number of aromatic nitrogens is 1. The predicted octanol–water partition coefficient (Wildman–Crippen LogP) is 3.43. The molecule has 21 heavy (non-hydrogen) atoms. The summed E-state index contributed by atoms with van der Waals surface area (Å²) >= 11 is 0. The summed E-state index contributed by atoms with van der Waals surface area (Å²) < 4.78 is 19.1. The highest BCUT2D eigenvalue weighted by Gasteiger charge is 2.14. The second-order valence-electron chi connectivity index (χ2n) is 4.62. The molecule has 0 aliphatic carbocycles. The van der Waals surface area contributed by atoms with Gasteiger partial charge in [0.1, 0.15) is 11.6 Å². The van der Waals surface area contributed by atoms with Crippen molar-refractivity contribution >= 4 is 11.8 Å². The van der Waals surface area contributed by atoms with Crippen molar-refractivity contribution in [1.29, 1.82) is 0 Å². The number of ether oxygens (including phenoxy) is 1. The van der Waals surface area contributed by atoms with Crippen LogP contribution in [-0.2, 0) is 4.74 Å². The fraction of sp³-hybridized carbons (Fsp3) is 0.250. The number of nitrogen functional groups attached to an aromatic ring is 1. The summed E-state index contributed by atoms with van der Waals surface area (Å²) in [5.41, 5.74) is 6.88. The smallest absolute Gasteiger partial charge is 0.341 e.